The summed E-state index contributed by atoms with van der Waals surface area (Å²) in [5, 5.41) is 14.8. The van der Waals surface area contributed by atoms with E-state index < -0.39 is 15.8 Å². The minimum atomic E-state index is -3.02. The van der Waals surface area contributed by atoms with Crippen LogP contribution in [0.5, 0.6) is 0 Å². The maximum Gasteiger partial charge on any atom is 0.152 e. The van der Waals surface area contributed by atoms with Crippen LogP contribution in [0, 0.1) is 0 Å². The van der Waals surface area contributed by atoms with Crippen LogP contribution in [0.15, 0.2) is 6.07 Å². The molecule has 1 aliphatic rings. The van der Waals surface area contributed by atoms with Crippen LogP contribution in [0.25, 0.3) is 0 Å². The van der Waals surface area contributed by atoms with E-state index in [0.29, 0.717) is 6.42 Å². The molecule has 0 unspecified atom stereocenters. The summed E-state index contributed by atoms with van der Waals surface area (Å²) in [7, 11) is -3.02. The molecule has 1 saturated heterocycles. The van der Waals surface area contributed by atoms with Gasteiger partial charge < -0.3 is 9.90 Å². The molecule has 0 aromatic carbocycles. The minimum absolute atomic E-state index is 0.0287. The number of hydrogen-bond donors (Lipinski definition) is 0. The Balaban J connectivity index is 2.40. The summed E-state index contributed by atoms with van der Waals surface area (Å²) in [4.78, 5) is 10.8. The van der Waals surface area contributed by atoms with Crippen molar-refractivity contribution in [1.82, 2.24) is 9.78 Å². The summed E-state index contributed by atoms with van der Waals surface area (Å²) < 4.78 is 24.5. The van der Waals surface area contributed by atoms with Crippen molar-refractivity contribution in [2.75, 3.05) is 11.5 Å². The van der Waals surface area contributed by atoms with Crippen molar-refractivity contribution in [1.29, 1.82) is 0 Å². The maximum atomic E-state index is 11.5. The van der Waals surface area contributed by atoms with Gasteiger partial charge in [-0.05, 0) is 18.4 Å². The number of sulfone groups is 1. The van der Waals surface area contributed by atoms with E-state index in [2.05, 4.69) is 5.10 Å². The van der Waals surface area contributed by atoms with Crippen LogP contribution >= 0.6 is 0 Å². The van der Waals surface area contributed by atoms with Gasteiger partial charge in [0.1, 0.15) is 5.69 Å². The van der Waals surface area contributed by atoms with Crippen LogP contribution in [0.2, 0.25) is 0 Å². The SMILES string of the molecule is CC(C)c1cc(C(=O)[O-])nn1[C@H]1CCS(=O)(=O)C1. The third-order valence-corrected chi connectivity index (χ3v) is 4.87. The van der Waals surface area contributed by atoms with Crippen molar-refractivity contribution in [2.24, 2.45) is 0 Å². The fourth-order valence-corrected chi connectivity index (χ4v) is 3.89. The molecule has 0 N–H and O–H groups in total. The Morgan fingerprint density at radius 3 is 2.67 bits per heavy atom. The standard InChI is InChI=1S/C11H16N2O4S/c1-7(2)10-5-9(11(14)15)12-13(10)8-3-4-18(16,17)6-8/h5,7-8H,3-4,6H2,1-2H3,(H,14,15)/p-1/t8-/m0/s1. The van der Waals surface area contributed by atoms with E-state index in [1.807, 2.05) is 13.8 Å². The van der Waals surface area contributed by atoms with Crippen molar-refractivity contribution in [3.63, 3.8) is 0 Å². The molecule has 0 radical (unpaired) electrons. The van der Waals surface area contributed by atoms with Gasteiger partial charge in [-0.15, -0.1) is 0 Å². The Labute approximate surface area is 106 Å². The van der Waals surface area contributed by atoms with Crippen molar-refractivity contribution >= 4 is 15.8 Å². The van der Waals surface area contributed by atoms with Gasteiger partial charge in [0, 0.05) is 5.69 Å². The van der Waals surface area contributed by atoms with Crippen molar-refractivity contribution in [2.45, 2.75) is 32.2 Å². The smallest absolute Gasteiger partial charge is 0.152 e. The lowest BCUT2D eigenvalue weighted by Crippen LogP contribution is -2.23. The van der Waals surface area contributed by atoms with E-state index in [0.717, 1.165) is 5.69 Å². The third-order valence-electron chi connectivity index (χ3n) is 3.12. The van der Waals surface area contributed by atoms with Crippen LogP contribution in [-0.2, 0) is 9.84 Å². The summed E-state index contributed by atoms with van der Waals surface area (Å²) in [6.45, 7) is 3.83. The maximum absolute atomic E-state index is 11.5. The number of carboxylic acids is 1. The predicted molar refractivity (Wildman–Crippen MR) is 63.0 cm³/mol. The average Bonchev–Trinajstić information content (AvgIpc) is 2.80. The Bertz CT molecular complexity index is 574. The van der Waals surface area contributed by atoms with E-state index in [-0.39, 0.29) is 29.2 Å². The molecule has 1 aromatic rings. The molecule has 0 saturated carbocycles. The van der Waals surface area contributed by atoms with Gasteiger partial charge in [-0.25, -0.2) is 8.42 Å². The minimum Gasteiger partial charge on any atom is -0.543 e. The first-order valence-corrected chi connectivity index (χ1v) is 7.63. The van der Waals surface area contributed by atoms with Gasteiger partial charge in [0.05, 0.1) is 23.5 Å². The molecular weight excluding hydrogens is 256 g/mol. The molecule has 0 bridgehead atoms. The fourth-order valence-electron chi connectivity index (χ4n) is 2.20. The summed E-state index contributed by atoms with van der Waals surface area (Å²) in [5.41, 5.74) is 0.597. The summed E-state index contributed by atoms with van der Waals surface area (Å²) in [6.07, 6.45) is 0.482. The van der Waals surface area contributed by atoms with E-state index in [9.17, 15) is 18.3 Å². The number of nitrogens with zero attached hydrogens (tertiary/aromatic N) is 2. The number of aromatic nitrogens is 2. The second kappa shape index (κ2) is 4.38. The fraction of sp³-hybridized carbons (Fsp3) is 0.636. The molecule has 1 fully saturated rings. The molecule has 6 nitrogen and oxygen atoms in total. The molecule has 0 amide bonds. The topological polar surface area (TPSA) is 92.1 Å². The van der Waals surface area contributed by atoms with Gasteiger partial charge in [-0.1, -0.05) is 13.8 Å². The largest absolute Gasteiger partial charge is 0.543 e. The Kier molecular flexibility index (Phi) is 3.18. The molecule has 18 heavy (non-hydrogen) atoms. The molecule has 2 rings (SSSR count). The number of rotatable bonds is 3. The zero-order valence-electron chi connectivity index (χ0n) is 10.3. The summed E-state index contributed by atoms with van der Waals surface area (Å²) in [6, 6.07) is 1.20. The van der Waals surface area contributed by atoms with Crippen molar-refractivity contribution < 1.29 is 18.3 Å². The quantitative estimate of drug-likeness (QED) is 0.754. The van der Waals surface area contributed by atoms with Gasteiger partial charge in [-0.3, -0.25) is 4.68 Å². The third kappa shape index (κ3) is 2.40. The molecule has 1 aliphatic heterocycles. The van der Waals surface area contributed by atoms with Gasteiger partial charge >= 0.3 is 0 Å². The van der Waals surface area contributed by atoms with Crippen molar-refractivity contribution in [3.8, 4) is 0 Å². The predicted octanol–water partition coefficient (Wildman–Crippen LogP) is -0.270. The van der Waals surface area contributed by atoms with Crippen LogP contribution in [0.4, 0.5) is 0 Å². The zero-order valence-corrected chi connectivity index (χ0v) is 11.1. The van der Waals surface area contributed by atoms with Gasteiger partial charge in [-0.2, -0.15) is 5.10 Å². The second-order valence-corrected chi connectivity index (χ2v) is 7.13. The van der Waals surface area contributed by atoms with Gasteiger partial charge in [0.2, 0.25) is 0 Å². The molecule has 1 atom stereocenters. The lowest BCUT2D eigenvalue weighted by molar-refractivity contribution is -0.255. The molecule has 2 heterocycles. The van der Waals surface area contributed by atoms with E-state index >= 15 is 0 Å². The van der Waals surface area contributed by atoms with Crippen LogP contribution in [0.1, 0.15) is 48.4 Å². The first-order chi connectivity index (χ1) is 8.30. The van der Waals surface area contributed by atoms with Gasteiger partial charge in [0.25, 0.3) is 0 Å². The molecular formula is C11H15N2O4S-. The number of aromatic carboxylic acids is 1. The number of carbonyl (C=O) groups excluding carboxylic acids is 1. The molecule has 0 aliphatic carbocycles. The molecule has 100 valence electrons. The van der Waals surface area contributed by atoms with Crippen LogP contribution in [-0.4, -0.2) is 35.7 Å². The lowest BCUT2D eigenvalue weighted by atomic mass is 10.1. The number of carbonyl (C=O) groups is 1. The highest BCUT2D eigenvalue weighted by atomic mass is 32.2. The number of hydrogen-bond acceptors (Lipinski definition) is 5. The number of carboxylic acid groups (broad SMARTS) is 1. The Morgan fingerprint density at radius 2 is 2.22 bits per heavy atom. The van der Waals surface area contributed by atoms with E-state index in [1.54, 1.807) is 4.68 Å². The van der Waals surface area contributed by atoms with Crippen molar-refractivity contribution in [3.05, 3.63) is 17.5 Å². The van der Waals surface area contributed by atoms with E-state index in [1.165, 1.54) is 6.07 Å². The average molecular weight is 271 g/mol. The first kappa shape index (κ1) is 13.1. The zero-order chi connectivity index (χ0) is 13.5. The monoisotopic (exact) mass is 271 g/mol. The molecule has 0 spiro atoms. The summed E-state index contributed by atoms with van der Waals surface area (Å²) >= 11 is 0. The van der Waals surface area contributed by atoms with Gasteiger partial charge in [0.15, 0.2) is 9.84 Å². The molecule has 7 heteroatoms. The van der Waals surface area contributed by atoms with E-state index in [4.69, 9.17) is 0 Å². The van der Waals surface area contributed by atoms with Crippen LogP contribution < -0.4 is 5.11 Å². The second-order valence-electron chi connectivity index (χ2n) is 4.90. The normalized spacial score (nSPS) is 22.5. The summed E-state index contributed by atoms with van der Waals surface area (Å²) in [5.74, 6) is -1.10. The lowest BCUT2D eigenvalue weighted by Gasteiger charge is -2.15. The Hall–Kier alpha value is -1.37. The van der Waals surface area contributed by atoms with Crippen LogP contribution in [0.3, 0.4) is 0 Å². The highest BCUT2D eigenvalue weighted by Gasteiger charge is 2.31. The molecule has 1 aromatic heterocycles. The first-order valence-electron chi connectivity index (χ1n) is 5.81. The highest BCUT2D eigenvalue weighted by molar-refractivity contribution is 7.91. The Morgan fingerprint density at radius 1 is 1.56 bits per heavy atom. The highest BCUT2D eigenvalue weighted by Crippen LogP contribution is 2.27.